The second kappa shape index (κ2) is 7.58. The quantitative estimate of drug-likeness (QED) is 0.483. The van der Waals surface area contributed by atoms with Crippen LogP contribution in [0.25, 0.3) is 0 Å². The number of carbonyl (C=O) groups excluding carboxylic acids is 3. The predicted octanol–water partition coefficient (Wildman–Crippen LogP) is 1.02. The zero-order chi connectivity index (χ0) is 16.8. The van der Waals surface area contributed by atoms with Crippen molar-refractivity contribution in [1.29, 1.82) is 0 Å². The lowest BCUT2D eigenvalue weighted by atomic mass is 10.1. The van der Waals surface area contributed by atoms with Gasteiger partial charge in [-0.3, -0.25) is 9.59 Å². The molecule has 1 saturated heterocycles. The van der Waals surface area contributed by atoms with Gasteiger partial charge in [0.05, 0.1) is 19.6 Å². The summed E-state index contributed by atoms with van der Waals surface area (Å²) in [6.07, 6.45) is 1.76. The molecule has 2 rings (SSSR count). The Bertz CT molecular complexity index is 625. The number of likely N-dealkylation sites (tertiary alicyclic amines) is 1. The minimum Gasteiger partial charge on any atom is -0.461 e. The number of carbonyl (C=O) groups is 3. The summed E-state index contributed by atoms with van der Waals surface area (Å²) in [6, 6.07) is 8.71. The molecule has 0 radical (unpaired) electrons. The minimum absolute atomic E-state index is 0.213. The lowest BCUT2D eigenvalue weighted by Gasteiger charge is -2.39. The standard InChI is InChI=1S/C17H20N2O4/c1-3-14(17(22)23-4-2)19-11-13(16(19)21)18-15(20)10-12-8-6-5-7-9-12/h3,5-9,13H,4,10-11H2,1-2H3,(H,18,20)/b14-3+. The summed E-state index contributed by atoms with van der Waals surface area (Å²) < 4.78 is 4.91. The average molecular weight is 316 g/mol. The Hall–Kier alpha value is -2.63. The molecule has 1 atom stereocenters. The van der Waals surface area contributed by atoms with Gasteiger partial charge in [0.2, 0.25) is 5.91 Å². The van der Waals surface area contributed by atoms with E-state index in [1.54, 1.807) is 13.8 Å². The second-order valence-electron chi connectivity index (χ2n) is 5.13. The molecule has 0 aromatic heterocycles. The summed E-state index contributed by atoms with van der Waals surface area (Å²) in [5.74, 6) is -1.04. The first-order chi connectivity index (χ1) is 11.1. The van der Waals surface area contributed by atoms with Crippen molar-refractivity contribution < 1.29 is 19.1 Å². The molecular formula is C17H20N2O4. The first kappa shape index (κ1) is 16.7. The Morgan fingerprint density at radius 2 is 2.04 bits per heavy atom. The molecule has 1 aromatic carbocycles. The molecule has 23 heavy (non-hydrogen) atoms. The van der Waals surface area contributed by atoms with E-state index in [1.165, 1.54) is 11.0 Å². The monoisotopic (exact) mass is 316 g/mol. The molecule has 1 aliphatic rings. The molecule has 2 amide bonds. The molecular weight excluding hydrogens is 296 g/mol. The molecule has 1 aliphatic heterocycles. The maximum atomic E-state index is 12.1. The van der Waals surface area contributed by atoms with Gasteiger partial charge in [0, 0.05) is 0 Å². The van der Waals surface area contributed by atoms with Gasteiger partial charge in [0.1, 0.15) is 11.7 Å². The molecule has 1 aromatic rings. The predicted molar refractivity (Wildman–Crippen MR) is 84.2 cm³/mol. The van der Waals surface area contributed by atoms with Crippen molar-refractivity contribution in [3.8, 4) is 0 Å². The van der Waals surface area contributed by atoms with Gasteiger partial charge in [-0.2, -0.15) is 0 Å². The number of amides is 2. The maximum Gasteiger partial charge on any atom is 0.354 e. The van der Waals surface area contributed by atoms with Crippen molar-refractivity contribution in [3.63, 3.8) is 0 Å². The SMILES string of the molecule is C/C=C(\C(=O)OCC)N1CC(NC(=O)Cc2ccccc2)C1=O. The average Bonchev–Trinajstić information content (AvgIpc) is 2.54. The molecule has 0 saturated carbocycles. The van der Waals surface area contributed by atoms with Crippen LogP contribution in [0.4, 0.5) is 0 Å². The highest BCUT2D eigenvalue weighted by Crippen LogP contribution is 2.18. The summed E-state index contributed by atoms with van der Waals surface area (Å²) >= 11 is 0. The number of nitrogens with zero attached hydrogens (tertiary/aromatic N) is 1. The van der Waals surface area contributed by atoms with Gasteiger partial charge in [0.15, 0.2) is 0 Å². The highest BCUT2D eigenvalue weighted by Gasteiger charge is 2.41. The van der Waals surface area contributed by atoms with Crippen LogP contribution in [-0.2, 0) is 25.5 Å². The highest BCUT2D eigenvalue weighted by molar-refractivity contribution is 6.00. The van der Waals surface area contributed by atoms with E-state index in [9.17, 15) is 14.4 Å². The van der Waals surface area contributed by atoms with E-state index in [0.717, 1.165) is 5.56 Å². The molecule has 1 fully saturated rings. The Morgan fingerprint density at radius 1 is 1.35 bits per heavy atom. The molecule has 0 spiro atoms. The van der Waals surface area contributed by atoms with Gasteiger partial charge < -0.3 is 15.0 Å². The van der Waals surface area contributed by atoms with Crippen LogP contribution >= 0.6 is 0 Å². The number of nitrogens with one attached hydrogen (secondary N) is 1. The molecule has 1 unspecified atom stereocenters. The number of allylic oxidation sites excluding steroid dienone is 1. The van der Waals surface area contributed by atoms with E-state index in [2.05, 4.69) is 5.32 Å². The van der Waals surface area contributed by atoms with Crippen LogP contribution < -0.4 is 5.32 Å². The summed E-state index contributed by atoms with van der Waals surface area (Å²) in [7, 11) is 0. The molecule has 1 N–H and O–H groups in total. The summed E-state index contributed by atoms with van der Waals surface area (Å²) in [6.45, 7) is 3.89. The van der Waals surface area contributed by atoms with Crippen LogP contribution in [0.3, 0.4) is 0 Å². The van der Waals surface area contributed by atoms with Crippen LogP contribution in [0.15, 0.2) is 42.1 Å². The molecule has 0 aliphatic carbocycles. The summed E-state index contributed by atoms with van der Waals surface area (Å²) in [5.41, 5.74) is 1.10. The largest absolute Gasteiger partial charge is 0.461 e. The van der Waals surface area contributed by atoms with Gasteiger partial charge in [0.25, 0.3) is 5.91 Å². The molecule has 0 bridgehead atoms. The molecule has 122 valence electrons. The first-order valence-electron chi connectivity index (χ1n) is 7.55. The number of esters is 1. The van der Waals surface area contributed by atoms with Gasteiger partial charge >= 0.3 is 5.97 Å². The van der Waals surface area contributed by atoms with E-state index in [-0.39, 0.29) is 37.1 Å². The molecule has 6 heteroatoms. The van der Waals surface area contributed by atoms with Gasteiger partial charge in [-0.05, 0) is 19.4 Å². The number of hydrogen-bond donors (Lipinski definition) is 1. The number of benzene rings is 1. The third kappa shape index (κ3) is 3.97. The van der Waals surface area contributed by atoms with Crippen molar-refractivity contribution in [2.45, 2.75) is 26.3 Å². The lowest BCUT2D eigenvalue weighted by molar-refractivity contribution is -0.150. The zero-order valence-electron chi connectivity index (χ0n) is 13.2. The second-order valence-corrected chi connectivity index (χ2v) is 5.13. The summed E-state index contributed by atoms with van der Waals surface area (Å²) in [4.78, 5) is 37.2. The smallest absolute Gasteiger partial charge is 0.354 e. The Kier molecular flexibility index (Phi) is 5.51. The molecule has 6 nitrogen and oxygen atoms in total. The Morgan fingerprint density at radius 3 is 2.61 bits per heavy atom. The van der Waals surface area contributed by atoms with Crippen molar-refractivity contribution in [2.75, 3.05) is 13.2 Å². The van der Waals surface area contributed by atoms with Crippen molar-refractivity contribution in [1.82, 2.24) is 10.2 Å². The first-order valence-corrected chi connectivity index (χ1v) is 7.55. The van der Waals surface area contributed by atoms with Crippen molar-refractivity contribution >= 4 is 17.8 Å². The lowest BCUT2D eigenvalue weighted by Crippen LogP contribution is -2.64. The maximum absolute atomic E-state index is 12.1. The fourth-order valence-electron chi connectivity index (χ4n) is 2.37. The topological polar surface area (TPSA) is 75.7 Å². The van der Waals surface area contributed by atoms with E-state index >= 15 is 0 Å². The van der Waals surface area contributed by atoms with Crippen molar-refractivity contribution in [2.24, 2.45) is 0 Å². The fraction of sp³-hybridized carbons (Fsp3) is 0.353. The van der Waals surface area contributed by atoms with Crippen LogP contribution in [0.2, 0.25) is 0 Å². The van der Waals surface area contributed by atoms with Crippen LogP contribution in [0.1, 0.15) is 19.4 Å². The molecule has 1 heterocycles. The minimum atomic E-state index is -0.587. The number of rotatable bonds is 6. The fourth-order valence-corrected chi connectivity index (χ4v) is 2.37. The van der Waals surface area contributed by atoms with Crippen LogP contribution in [0, 0.1) is 0 Å². The van der Waals surface area contributed by atoms with E-state index in [0.29, 0.717) is 0 Å². The third-order valence-corrected chi connectivity index (χ3v) is 3.52. The van der Waals surface area contributed by atoms with Gasteiger partial charge in [-0.1, -0.05) is 36.4 Å². The number of hydrogen-bond acceptors (Lipinski definition) is 4. The van der Waals surface area contributed by atoms with Gasteiger partial charge in [-0.25, -0.2) is 4.79 Å². The Balaban J connectivity index is 1.87. The summed E-state index contributed by atoms with van der Waals surface area (Å²) in [5, 5.41) is 2.69. The van der Waals surface area contributed by atoms with E-state index in [4.69, 9.17) is 4.74 Å². The number of ether oxygens (including phenoxy) is 1. The van der Waals surface area contributed by atoms with Gasteiger partial charge in [-0.15, -0.1) is 0 Å². The normalized spacial score (nSPS) is 17.5. The highest BCUT2D eigenvalue weighted by atomic mass is 16.5. The zero-order valence-corrected chi connectivity index (χ0v) is 13.2. The van der Waals surface area contributed by atoms with Crippen LogP contribution in [0.5, 0.6) is 0 Å². The number of β-lactam (4-membered cyclic amide) rings is 1. The third-order valence-electron chi connectivity index (χ3n) is 3.52. The van der Waals surface area contributed by atoms with Crippen molar-refractivity contribution in [3.05, 3.63) is 47.7 Å². The van der Waals surface area contributed by atoms with Crippen LogP contribution in [-0.4, -0.2) is 41.9 Å². The van der Waals surface area contributed by atoms with E-state index < -0.39 is 12.0 Å². The van der Waals surface area contributed by atoms with E-state index in [1.807, 2.05) is 30.3 Å². The Labute approximate surface area is 135 Å².